The van der Waals surface area contributed by atoms with Gasteiger partial charge in [0.25, 0.3) is 0 Å². The summed E-state index contributed by atoms with van der Waals surface area (Å²) in [6.45, 7) is 2.22. The molecule has 98 valence electrons. The number of cyclic esters (lactones) is 1. The average molecular weight is 240 g/mol. The fourth-order valence-corrected chi connectivity index (χ4v) is 2.25. The van der Waals surface area contributed by atoms with E-state index >= 15 is 0 Å². The van der Waals surface area contributed by atoms with Crippen molar-refractivity contribution >= 4 is 11.8 Å². The first-order chi connectivity index (χ1) is 8.22. The molecule has 1 aliphatic rings. The number of esters is 1. The summed E-state index contributed by atoms with van der Waals surface area (Å²) >= 11 is 0. The number of ether oxygens (including phenoxy) is 1. The summed E-state index contributed by atoms with van der Waals surface area (Å²) in [4.78, 5) is 22.2. The molecule has 1 unspecified atom stereocenters. The Kier molecular flexibility index (Phi) is 6.90. The maximum Gasteiger partial charge on any atom is 0.313 e. The minimum Gasteiger partial charge on any atom is -0.462 e. The third kappa shape index (κ3) is 6.44. The van der Waals surface area contributed by atoms with E-state index in [0.717, 1.165) is 12.8 Å². The zero-order valence-electron chi connectivity index (χ0n) is 10.9. The van der Waals surface area contributed by atoms with Crippen LogP contribution in [0.1, 0.15) is 71.1 Å². The smallest absolute Gasteiger partial charge is 0.313 e. The number of carbonyl (C=O) groups is 2. The van der Waals surface area contributed by atoms with Gasteiger partial charge >= 0.3 is 5.97 Å². The van der Waals surface area contributed by atoms with Gasteiger partial charge in [0, 0.05) is 6.42 Å². The zero-order valence-corrected chi connectivity index (χ0v) is 10.9. The van der Waals surface area contributed by atoms with Gasteiger partial charge in [-0.2, -0.15) is 0 Å². The summed E-state index contributed by atoms with van der Waals surface area (Å²) in [6, 6.07) is 0. The van der Waals surface area contributed by atoms with Crippen LogP contribution >= 0.6 is 0 Å². The highest BCUT2D eigenvalue weighted by Crippen LogP contribution is 2.18. The summed E-state index contributed by atoms with van der Waals surface area (Å²) in [6.07, 6.45) is 9.87. The normalized spacial score (nSPS) is 20.4. The molecular weight excluding hydrogens is 216 g/mol. The van der Waals surface area contributed by atoms with Gasteiger partial charge in [-0.1, -0.05) is 45.4 Å². The van der Waals surface area contributed by atoms with Crippen LogP contribution in [0.25, 0.3) is 0 Å². The van der Waals surface area contributed by atoms with Gasteiger partial charge in [0.1, 0.15) is 18.3 Å². The van der Waals surface area contributed by atoms with Gasteiger partial charge in [-0.15, -0.1) is 0 Å². The second-order valence-corrected chi connectivity index (χ2v) is 4.94. The number of rotatable bonds is 8. The molecule has 0 aromatic heterocycles. The first kappa shape index (κ1) is 14.2. The summed E-state index contributed by atoms with van der Waals surface area (Å²) in [5.74, 6) is -0.302. The second kappa shape index (κ2) is 8.26. The van der Waals surface area contributed by atoms with Gasteiger partial charge in [0.2, 0.25) is 0 Å². The summed E-state index contributed by atoms with van der Waals surface area (Å²) in [5, 5.41) is 0. The fourth-order valence-electron chi connectivity index (χ4n) is 2.25. The van der Waals surface area contributed by atoms with Crippen molar-refractivity contribution in [3.05, 3.63) is 0 Å². The van der Waals surface area contributed by atoms with Gasteiger partial charge in [-0.25, -0.2) is 0 Å². The number of hydrogen-bond acceptors (Lipinski definition) is 3. The van der Waals surface area contributed by atoms with E-state index in [0.29, 0.717) is 6.42 Å². The van der Waals surface area contributed by atoms with Crippen LogP contribution in [0.5, 0.6) is 0 Å². The molecular formula is C14H24O3. The largest absolute Gasteiger partial charge is 0.462 e. The molecule has 0 saturated carbocycles. The SMILES string of the molecule is CCCCCCCCCC1CC(=O)CC(=O)O1. The number of hydrogen-bond donors (Lipinski definition) is 0. The maximum absolute atomic E-state index is 11.2. The predicted molar refractivity (Wildman–Crippen MR) is 66.7 cm³/mol. The average Bonchev–Trinajstić information content (AvgIpc) is 2.26. The first-order valence-electron chi connectivity index (χ1n) is 6.93. The number of carbonyl (C=O) groups excluding carboxylic acids is 2. The van der Waals surface area contributed by atoms with Crippen molar-refractivity contribution in [2.45, 2.75) is 77.2 Å². The van der Waals surface area contributed by atoms with Gasteiger partial charge in [-0.3, -0.25) is 9.59 Å². The molecule has 1 heterocycles. The summed E-state index contributed by atoms with van der Waals surface area (Å²) in [5.41, 5.74) is 0. The third-order valence-corrected chi connectivity index (χ3v) is 3.22. The van der Waals surface area contributed by atoms with Gasteiger partial charge in [0.15, 0.2) is 0 Å². The van der Waals surface area contributed by atoms with Crippen molar-refractivity contribution in [2.75, 3.05) is 0 Å². The van der Waals surface area contributed by atoms with Gasteiger partial charge < -0.3 is 4.74 Å². The van der Waals surface area contributed by atoms with Crippen molar-refractivity contribution in [3.8, 4) is 0 Å². The third-order valence-electron chi connectivity index (χ3n) is 3.22. The molecule has 0 aromatic rings. The molecule has 0 radical (unpaired) electrons. The Hall–Kier alpha value is -0.860. The maximum atomic E-state index is 11.2. The monoisotopic (exact) mass is 240 g/mol. The van der Waals surface area contributed by atoms with E-state index in [1.54, 1.807) is 0 Å². The highest BCUT2D eigenvalue weighted by molar-refractivity contribution is 5.97. The summed E-state index contributed by atoms with van der Waals surface area (Å²) < 4.78 is 5.14. The van der Waals surface area contributed by atoms with Crippen LogP contribution in [0.2, 0.25) is 0 Å². The molecule has 1 saturated heterocycles. The van der Waals surface area contributed by atoms with Crippen LogP contribution in [0, 0.1) is 0 Å². The van der Waals surface area contributed by atoms with E-state index < -0.39 is 0 Å². The van der Waals surface area contributed by atoms with Crippen LogP contribution in [-0.2, 0) is 14.3 Å². The highest BCUT2D eigenvalue weighted by Gasteiger charge is 2.25. The molecule has 0 N–H and O–H groups in total. The number of ketones is 1. The first-order valence-corrected chi connectivity index (χ1v) is 6.93. The summed E-state index contributed by atoms with van der Waals surface area (Å²) in [7, 11) is 0. The molecule has 1 fully saturated rings. The lowest BCUT2D eigenvalue weighted by Crippen LogP contribution is -2.29. The Bertz CT molecular complexity index is 232. The lowest BCUT2D eigenvalue weighted by atomic mass is 10.0. The van der Waals surface area contributed by atoms with Crippen molar-refractivity contribution in [1.29, 1.82) is 0 Å². The van der Waals surface area contributed by atoms with Crippen molar-refractivity contribution in [2.24, 2.45) is 0 Å². The number of Topliss-reactive ketones (excluding diaryl/α,β-unsaturated/α-hetero) is 1. The molecule has 17 heavy (non-hydrogen) atoms. The van der Waals surface area contributed by atoms with Crippen molar-refractivity contribution in [3.63, 3.8) is 0 Å². The molecule has 1 atom stereocenters. The minimum absolute atomic E-state index is 0.0203. The zero-order chi connectivity index (χ0) is 12.5. The van der Waals surface area contributed by atoms with Crippen LogP contribution < -0.4 is 0 Å². The fraction of sp³-hybridized carbons (Fsp3) is 0.857. The van der Waals surface area contributed by atoms with E-state index in [4.69, 9.17) is 4.74 Å². The molecule has 1 rings (SSSR count). The molecule has 3 nitrogen and oxygen atoms in total. The van der Waals surface area contributed by atoms with E-state index in [-0.39, 0.29) is 24.3 Å². The minimum atomic E-state index is -0.339. The quantitative estimate of drug-likeness (QED) is 0.371. The second-order valence-electron chi connectivity index (χ2n) is 4.94. The lowest BCUT2D eigenvalue weighted by molar-refractivity contribution is -0.158. The molecule has 1 aliphatic heterocycles. The molecule has 0 bridgehead atoms. The lowest BCUT2D eigenvalue weighted by Gasteiger charge is -2.21. The Labute approximate surface area is 104 Å². The van der Waals surface area contributed by atoms with Crippen LogP contribution in [-0.4, -0.2) is 17.9 Å². The standard InChI is InChI=1S/C14H24O3/c1-2-3-4-5-6-7-8-9-13-10-12(15)11-14(16)17-13/h13H,2-11H2,1H3. The van der Waals surface area contributed by atoms with Gasteiger partial charge in [-0.05, 0) is 12.8 Å². The van der Waals surface area contributed by atoms with Crippen molar-refractivity contribution in [1.82, 2.24) is 0 Å². The van der Waals surface area contributed by atoms with Gasteiger partial charge in [0.05, 0.1) is 0 Å². The van der Waals surface area contributed by atoms with E-state index in [1.807, 2.05) is 0 Å². The molecule has 0 amide bonds. The molecule has 3 heteroatoms. The molecule has 0 aromatic carbocycles. The van der Waals surface area contributed by atoms with Crippen LogP contribution in [0.4, 0.5) is 0 Å². The van der Waals surface area contributed by atoms with Crippen LogP contribution in [0.3, 0.4) is 0 Å². The Morgan fingerprint density at radius 3 is 2.35 bits per heavy atom. The topological polar surface area (TPSA) is 43.4 Å². The van der Waals surface area contributed by atoms with Crippen molar-refractivity contribution < 1.29 is 14.3 Å². The van der Waals surface area contributed by atoms with E-state index in [9.17, 15) is 9.59 Å². The molecule has 0 spiro atoms. The van der Waals surface area contributed by atoms with Crippen LogP contribution in [0.15, 0.2) is 0 Å². The van der Waals surface area contributed by atoms with E-state index in [2.05, 4.69) is 6.92 Å². The Balaban J connectivity index is 1.98. The Morgan fingerprint density at radius 2 is 1.71 bits per heavy atom. The van der Waals surface area contributed by atoms with E-state index in [1.165, 1.54) is 38.5 Å². The number of unbranched alkanes of at least 4 members (excludes halogenated alkanes) is 6. The molecule has 0 aliphatic carbocycles. The Morgan fingerprint density at radius 1 is 1.06 bits per heavy atom. The predicted octanol–water partition coefficient (Wildman–Crippen LogP) is 3.40. The highest BCUT2D eigenvalue weighted by atomic mass is 16.5.